The first kappa shape index (κ1) is 42.6. The van der Waals surface area contributed by atoms with E-state index in [2.05, 4.69) is 45.0 Å². The van der Waals surface area contributed by atoms with Crippen molar-refractivity contribution in [3.63, 3.8) is 0 Å². The molecule has 0 radical (unpaired) electrons. The molecule has 48 heavy (non-hydrogen) atoms. The summed E-state index contributed by atoms with van der Waals surface area (Å²) in [6.45, 7) is 7.86. The maximum Gasteiger partial charge on any atom is 0.243 e. The van der Waals surface area contributed by atoms with E-state index >= 15 is 0 Å². The predicted molar refractivity (Wildman–Crippen MR) is 188 cm³/mol. The van der Waals surface area contributed by atoms with E-state index in [0.29, 0.717) is 6.42 Å². The predicted octanol–water partition coefficient (Wildman–Crippen LogP) is -1.20. The maximum absolute atomic E-state index is 13.1. The first-order valence-corrected chi connectivity index (χ1v) is 15.4. The molecule has 16 N–H and O–H groups in total. The number of aryl methyl sites for hydroxylation is 3. The Morgan fingerprint density at radius 1 is 0.812 bits per heavy atom. The average molecular weight is 672 g/mol. The first-order chi connectivity index (χ1) is 22.6. The summed E-state index contributed by atoms with van der Waals surface area (Å²) in [4.78, 5) is 56.3. The lowest BCUT2D eigenvalue weighted by molar-refractivity contribution is -0.132. The Bertz CT molecular complexity index is 1340. The third-order valence-electron chi connectivity index (χ3n) is 6.40. The van der Waals surface area contributed by atoms with Crippen LogP contribution < -0.4 is 50.4 Å². The van der Waals surface area contributed by atoms with E-state index in [1.807, 2.05) is 25.1 Å². The number of aromatic hydroxyl groups is 1. The molecule has 16 heteroatoms. The van der Waals surface area contributed by atoms with Crippen LogP contribution in [0.2, 0.25) is 0 Å². The molecule has 0 saturated heterocycles. The molecular formula is C32H53N11O5. The topological polar surface area (TPSA) is 305 Å². The summed E-state index contributed by atoms with van der Waals surface area (Å²) >= 11 is 0. The lowest BCUT2D eigenvalue weighted by atomic mass is 9.95. The number of hydrogen-bond donors (Lipinski definition) is 10. The van der Waals surface area contributed by atoms with Crippen LogP contribution in [0.1, 0.15) is 48.4 Å². The fourth-order valence-corrected chi connectivity index (χ4v) is 4.08. The highest BCUT2D eigenvalue weighted by Crippen LogP contribution is 2.22. The van der Waals surface area contributed by atoms with Crippen molar-refractivity contribution in [2.24, 2.45) is 44.4 Å². The van der Waals surface area contributed by atoms with Gasteiger partial charge in [-0.25, -0.2) is 0 Å². The van der Waals surface area contributed by atoms with Gasteiger partial charge in [0.15, 0.2) is 11.9 Å². The molecule has 0 aliphatic rings. The van der Waals surface area contributed by atoms with Gasteiger partial charge in [-0.1, -0.05) is 42.8 Å². The van der Waals surface area contributed by atoms with Gasteiger partial charge in [-0.15, -0.1) is 0 Å². The molecule has 0 spiro atoms. The molecule has 0 bridgehead atoms. The summed E-state index contributed by atoms with van der Waals surface area (Å²) in [5.41, 5.74) is 34.6. The van der Waals surface area contributed by atoms with E-state index in [1.54, 1.807) is 26.0 Å². The lowest BCUT2D eigenvalue weighted by Gasteiger charge is -2.24. The van der Waals surface area contributed by atoms with E-state index in [-0.39, 0.29) is 43.6 Å². The van der Waals surface area contributed by atoms with Crippen LogP contribution in [0, 0.1) is 20.8 Å². The van der Waals surface area contributed by atoms with Gasteiger partial charge in [0.25, 0.3) is 0 Å². The van der Waals surface area contributed by atoms with Crippen molar-refractivity contribution >= 4 is 35.5 Å². The molecule has 0 heterocycles. The van der Waals surface area contributed by atoms with Gasteiger partial charge in [-0.05, 0) is 68.9 Å². The van der Waals surface area contributed by atoms with E-state index in [1.165, 1.54) is 5.56 Å². The summed E-state index contributed by atoms with van der Waals surface area (Å²) < 4.78 is 0. The average Bonchev–Trinajstić information content (AvgIpc) is 3.01. The SMILES string of the molecule is CCCN=C(N)N.Cc1cc(O)cc(C)c1C[C@H](NC(=O)CN)C(=O)N[C@@H](CCCN=C(N)N)C(=O)NCC(N)=O.Cc1ccccc1. The second kappa shape index (κ2) is 23.9. The van der Waals surface area contributed by atoms with Gasteiger partial charge in [-0.3, -0.25) is 29.2 Å². The number of aliphatic imine (C=N–C) groups is 2. The molecule has 0 unspecified atom stereocenters. The van der Waals surface area contributed by atoms with Crippen molar-refractivity contribution in [3.05, 3.63) is 64.7 Å². The number of carbonyl (C=O) groups is 4. The van der Waals surface area contributed by atoms with E-state index in [0.717, 1.165) is 29.7 Å². The number of guanidine groups is 2. The number of hydrogen-bond acceptors (Lipinski definition) is 8. The van der Waals surface area contributed by atoms with Crippen LogP contribution in [-0.2, 0) is 25.6 Å². The fourth-order valence-electron chi connectivity index (χ4n) is 4.08. The lowest BCUT2D eigenvalue weighted by Crippen LogP contribution is -2.55. The molecule has 2 aromatic carbocycles. The third kappa shape index (κ3) is 19.9. The number of nitrogens with two attached hydrogens (primary N) is 6. The number of nitrogens with one attached hydrogen (secondary N) is 3. The number of phenolic OH excluding ortho intramolecular Hbond substituents is 1. The third-order valence-corrected chi connectivity index (χ3v) is 6.40. The summed E-state index contributed by atoms with van der Waals surface area (Å²) in [6, 6.07) is 11.3. The molecular weight excluding hydrogens is 618 g/mol. The molecule has 2 rings (SSSR count). The van der Waals surface area contributed by atoms with Gasteiger partial charge < -0.3 is 55.5 Å². The standard InChI is InChI=1S/C21H34N8O5.C7H8.C4H11N3/c1-11-6-13(30)7-12(2)14(11)8-16(28-18(32)9-22)20(34)29-15(4-3-5-26-21(24)25)19(33)27-10-17(23)31;1-7-5-3-2-4-6-7;1-2-3-7-4(5)6/h6-7,15-16,30H,3-5,8-10,22H2,1-2H3,(H2,23,31)(H,27,33)(H,28,32)(H,29,34)(H4,24,25,26);2-6H,1H3;2-3H2,1H3,(H4,5,6,7)/t15-,16-;;/m0../s1. The zero-order valence-corrected chi connectivity index (χ0v) is 28.3. The normalized spacial score (nSPS) is 11.1. The van der Waals surface area contributed by atoms with Crippen molar-refractivity contribution in [2.75, 3.05) is 26.2 Å². The highest BCUT2D eigenvalue weighted by Gasteiger charge is 2.27. The van der Waals surface area contributed by atoms with E-state index in [9.17, 15) is 24.3 Å². The number of nitrogens with zero attached hydrogens (tertiary/aromatic N) is 2. The second-order valence-corrected chi connectivity index (χ2v) is 10.7. The number of phenols is 1. The number of benzene rings is 2. The van der Waals surface area contributed by atoms with Crippen molar-refractivity contribution in [3.8, 4) is 5.75 Å². The van der Waals surface area contributed by atoms with Crippen LogP contribution in [-0.4, -0.2) is 78.9 Å². The van der Waals surface area contributed by atoms with Crippen molar-refractivity contribution in [1.82, 2.24) is 16.0 Å². The van der Waals surface area contributed by atoms with Gasteiger partial charge in [0.05, 0.1) is 13.1 Å². The molecule has 2 aromatic rings. The molecule has 0 saturated carbocycles. The molecule has 0 aromatic heterocycles. The molecule has 0 aliphatic heterocycles. The monoisotopic (exact) mass is 671 g/mol. The van der Waals surface area contributed by atoms with E-state index < -0.39 is 42.3 Å². The number of amides is 4. The van der Waals surface area contributed by atoms with Crippen molar-refractivity contribution < 1.29 is 24.3 Å². The second-order valence-electron chi connectivity index (χ2n) is 10.7. The molecule has 2 atom stereocenters. The largest absolute Gasteiger partial charge is 0.508 e. The smallest absolute Gasteiger partial charge is 0.243 e. The van der Waals surface area contributed by atoms with E-state index in [4.69, 9.17) is 34.4 Å². The highest BCUT2D eigenvalue weighted by molar-refractivity contribution is 5.93. The zero-order chi connectivity index (χ0) is 36.6. The summed E-state index contributed by atoms with van der Waals surface area (Å²) in [5.74, 6) is -2.41. The van der Waals surface area contributed by atoms with Crippen LogP contribution in [0.3, 0.4) is 0 Å². The Balaban J connectivity index is 0.00000129. The molecule has 0 fully saturated rings. The van der Waals surface area contributed by atoms with Crippen LogP contribution in [0.5, 0.6) is 5.75 Å². The summed E-state index contributed by atoms with van der Waals surface area (Å²) in [5, 5.41) is 17.3. The van der Waals surface area contributed by atoms with Gasteiger partial charge >= 0.3 is 0 Å². The highest BCUT2D eigenvalue weighted by atomic mass is 16.3. The first-order valence-electron chi connectivity index (χ1n) is 15.4. The zero-order valence-electron chi connectivity index (χ0n) is 28.3. The van der Waals surface area contributed by atoms with Crippen LogP contribution >= 0.6 is 0 Å². The maximum atomic E-state index is 13.1. The van der Waals surface area contributed by atoms with Gasteiger partial charge in [0.2, 0.25) is 23.6 Å². The minimum atomic E-state index is -1.05. The van der Waals surface area contributed by atoms with Gasteiger partial charge in [-0.2, -0.15) is 0 Å². The van der Waals surface area contributed by atoms with Crippen molar-refractivity contribution in [2.45, 2.75) is 65.5 Å². The summed E-state index contributed by atoms with van der Waals surface area (Å²) in [6.07, 6.45) is 1.60. The number of primary amides is 1. The number of carbonyl (C=O) groups excluding carboxylic acids is 4. The number of rotatable bonds is 15. The van der Waals surface area contributed by atoms with Crippen molar-refractivity contribution in [1.29, 1.82) is 0 Å². The minimum Gasteiger partial charge on any atom is -0.508 e. The fraction of sp³-hybridized carbons (Fsp3) is 0.438. The van der Waals surface area contributed by atoms with Crippen LogP contribution in [0.25, 0.3) is 0 Å². The Labute approximate surface area is 282 Å². The van der Waals surface area contributed by atoms with Gasteiger partial charge in [0.1, 0.15) is 17.8 Å². The van der Waals surface area contributed by atoms with Gasteiger partial charge in [0, 0.05) is 19.5 Å². The summed E-state index contributed by atoms with van der Waals surface area (Å²) in [7, 11) is 0. The molecule has 4 amide bonds. The Kier molecular flexibility index (Phi) is 21.2. The quantitative estimate of drug-likeness (QED) is 0.0612. The Morgan fingerprint density at radius 3 is 1.81 bits per heavy atom. The molecule has 0 aliphatic carbocycles. The molecule has 266 valence electrons. The Morgan fingerprint density at radius 2 is 1.38 bits per heavy atom. The van der Waals surface area contributed by atoms with Crippen LogP contribution in [0.4, 0.5) is 0 Å². The molecule has 16 nitrogen and oxygen atoms in total. The Hall–Kier alpha value is -5.38. The van der Waals surface area contributed by atoms with Crippen LogP contribution in [0.15, 0.2) is 52.4 Å². The minimum absolute atomic E-state index is 0.0812.